The van der Waals surface area contributed by atoms with Gasteiger partial charge in [-0.15, -0.1) is 23.5 Å². The molecule has 1 aliphatic rings. The molecule has 1 fully saturated rings. The lowest BCUT2D eigenvalue weighted by atomic mass is 10.1. The Kier molecular flexibility index (Phi) is 4.44. The zero-order chi connectivity index (χ0) is 13.8. The Balaban J connectivity index is 2.16. The van der Waals surface area contributed by atoms with Crippen LogP contribution in [-0.2, 0) is 9.59 Å². The maximum atomic E-state index is 12.7. The number of primary amides is 1. The Hall–Kier alpha value is -1.53. The van der Waals surface area contributed by atoms with E-state index in [1.165, 1.54) is 47.8 Å². The molecule has 1 heterocycles. The van der Waals surface area contributed by atoms with Crippen molar-refractivity contribution in [3.05, 3.63) is 51.5 Å². The van der Waals surface area contributed by atoms with Crippen LogP contribution in [0.2, 0.25) is 0 Å². The van der Waals surface area contributed by atoms with Crippen LogP contribution in [0.5, 0.6) is 0 Å². The lowest BCUT2D eigenvalue weighted by Gasteiger charge is -2.17. The van der Waals surface area contributed by atoms with E-state index in [2.05, 4.69) is 0 Å². The highest BCUT2D eigenvalue weighted by atomic mass is 32.3. The number of hydrogen-bond donors (Lipinski definition) is 1. The van der Waals surface area contributed by atoms with Crippen molar-refractivity contribution in [2.24, 2.45) is 5.73 Å². The summed E-state index contributed by atoms with van der Waals surface area (Å²) in [5, 5.41) is 0.821. The van der Waals surface area contributed by atoms with E-state index in [0.717, 1.165) is 5.08 Å². The van der Waals surface area contributed by atoms with E-state index in [0.29, 0.717) is 9.80 Å². The van der Waals surface area contributed by atoms with Gasteiger partial charge in [0, 0.05) is 5.08 Å². The second-order valence-corrected chi connectivity index (χ2v) is 6.28. The van der Waals surface area contributed by atoms with Crippen LogP contribution in [0.15, 0.2) is 40.2 Å². The molecular formula is C13H10FNO2S2. The molecule has 6 heteroatoms. The summed E-state index contributed by atoms with van der Waals surface area (Å²) in [6.45, 7) is 0. The number of carbonyl (C=O) groups is 2. The lowest BCUT2D eigenvalue weighted by Crippen LogP contribution is -2.21. The number of allylic oxidation sites excluding steroid dienone is 1. The van der Waals surface area contributed by atoms with Gasteiger partial charge in [-0.3, -0.25) is 9.59 Å². The maximum Gasteiger partial charge on any atom is 0.254 e. The van der Waals surface area contributed by atoms with Crippen molar-refractivity contribution in [1.82, 2.24) is 0 Å². The van der Waals surface area contributed by atoms with E-state index in [1.807, 2.05) is 0 Å². The van der Waals surface area contributed by atoms with Crippen LogP contribution in [0.1, 0.15) is 5.56 Å². The minimum atomic E-state index is -0.719. The molecule has 19 heavy (non-hydrogen) atoms. The third kappa shape index (κ3) is 3.48. The number of carbonyl (C=O) groups excluding carboxylic acids is 2. The minimum absolute atomic E-state index is 0.0274. The van der Waals surface area contributed by atoms with Crippen molar-refractivity contribution in [3.8, 4) is 0 Å². The molecule has 1 saturated heterocycles. The smallest absolute Gasteiger partial charge is 0.254 e. The first-order valence-corrected chi connectivity index (χ1v) is 7.32. The maximum absolute atomic E-state index is 12.7. The van der Waals surface area contributed by atoms with Crippen molar-refractivity contribution in [3.63, 3.8) is 0 Å². The molecule has 2 N–H and O–H groups in total. The van der Waals surface area contributed by atoms with Gasteiger partial charge in [0.15, 0.2) is 5.78 Å². The van der Waals surface area contributed by atoms with Crippen LogP contribution in [-0.4, -0.2) is 16.8 Å². The second-order valence-electron chi connectivity index (χ2n) is 3.68. The van der Waals surface area contributed by atoms with Crippen LogP contribution in [0, 0.1) is 5.82 Å². The highest BCUT2D eigenvalue weighted by Crippen LogP contribution is 2.45. The molecule has 1 aromatic rings. The molecular weight excluding hydrogens is 285 g/mol. The summed E-state index contributed by atoms with van der Waals surface area (Å²) in [6, 6.07) is 5.69. The van der Waals surface area contributed by atoms with Gasteiger partial charge in [-0.05, 0) is 23.8 Å². The molecule has 2 rings (SSSR count). The largest absolute Gasteiger partial charge is 0.365 e. The number of benzene rings is 1. The van der Waals surface area contributed by atoms with Crippen molar-refractivity contribution in [2.45, 2.75) is 0 Å². The van der Waals surface area contributed by atoms with Gasteiger partial charge in [0.25, 0.3) is 5.91 Å². The number of nitrogens with two attached hydrogens (primary N) is 1. The molecule has 1 amide bonds. The average Bonchev–Trinajstić information content (AvgIpc) is 2.32. The summed E-state index contributed by atoms with van der Waals surface area (Å²) >= 11 is 2.86. The van der Waals surface area contributed by atoms with E-state index in [9.17, 15) is 14.0 Å². The van der Waals surface area contributed by atoms with E-state index in [-0.39, 0.29) is 11.4 Å². The van der Waals surface area contributed by atoms with Crippen LogP contribution in [0.25, 0.3) is 6.08 Å². The quantitative estimate of drug-likeness (QED) is 0.527. The Morgan fingerprint density at radius 3 is 2.32 bits per heavy atom. The monoisotopic (exact) mass is 295 g/mol. The summed E-state index contributed by atoms with van der Waals surface area (Å²) in [5.74, 6) is -1.49. The Labute approximate surface area is 118 Å². The van der Waals surface area contributed by atoms with Gasteiger partial charge in [0.05, 0.1) is 4.24 Å². The minimum Gasteiger partial charge on any atom is -0.365 e. The number of rotatable bonds is 4. The summed E-state index contributed by atoms with van der Waals surface area (Å²) in [5.41, 5.74) is 5.91. The highest BCUT2D eigenvalue weighted by molar-refractivity contribution is 8.37. The molecule has 0 radical (unpaired) electrons. The molecule has 0 unspecified atom stereocenters. The first-order valence-electron chi connectivity index (χ1n) is 5.35. The van der Waals surface area contributed by atoms with Gasteiger partial charge < -0.3 is 5.73 Å². The Morgan fingerprint density at radius 1 is 1.21 bits per heavy atom. The van der Waals surface area contributed by atoms with Crippen molar-refractivity contribution >= 4 is 41.3 Å². The molecule has 1 aromatic carbocycles. The van der Waals surface area contributed by atoms with Crippen molar-refractivity contribution in [1.29, 1.82) is 0 Å². The number of thioether (sulfide) groups is 2. The summed E-state index contributed by atoms with van der Waals surface area (Å²) in [7, 11) is 0. The van der Waals surface area contributed by atoms with Gasteiger partial charge >= 0.3 is 0 Å². The number of hydrogen-bond acceptors (Lipinski definition) is 4. The van der Waals surface area contributed by atoms with E-state index in [1.54, 1.807) is 12.1 Å². The molecule has 0 spiro atoms. The fraction of sp³-hybridized carbons (Fsp3) is 0.0769. The van der Waals surface area contributed by atoms with Gasteiger partial charge in [-0.2, -0.15) is 0 Å². The first kappa shape index (κ1) is 13.9. The van der Waals surface area contributed by atoms with Crippen LogP contribution in [0.3, 0.4) is 0 Å². The molecule has 0 aromatic heterocycles. The Morgan fingerprint density at radius 2 is 1.84 bits per heavy atom. The van der Waals surface area contributed by atoms with E-state index >= 15 is 0 Å². The molecule has 3 nitrogen and oxygen atoms in total. The zero-order valence-electron chi connectivity index (χ0n) is 9.76. The standard InChI is InChI=1S/C13H10FNO2S2/c14-9-4-1-8(2-5-9)3-6-10(16)11(12(15)17)13-18-7-19-13/h1-6H,7H2,(H2,15,17)/b6-3+. The number of halogens is 1. The summed E-state index contributed by atoms with van der Waals surface area (Å²) < 4.78 is 13.4. The van der Waals surface area contributed by atoms with Crippen molar-refractivity contribution in [2.75, 3.05) is 5.08 Å². The zero-order valence-corrected chi connectivity index (χ0v) is 11.4. The third-order valence-corrected chi connectivity index (χ3v) is 4.96. The highest BCUT2D eigenvalue weighted by Gasteiger charge is 2.24. The fourth-order valence-electron chi connectivity index (χ4n) is 1.41. The van der Waals surface area contributed by atoms with Gasteiger partial charge in [0.2, 0.25) is 0 Å². The summed E-state index contributed by atoms with van der Waals surface area (Å²) in [6.07, 6.45) is 2.80. The molecule has 1 aliphatic heterocycles. The van der Waals surface area contributed by atoms with E-state index < -0.39 is 11.7 Å². The lowest BCUT2D eigenvalue weighted by molar-refractivity contribution is -0.118. The van der Waals surface area contributed by atoms with E-state index in [4.69, 9.17) is 5.73 Å². The SMILES string of the molecule is NC(=O)C(C(=O)/C=C/c1ccc(F)cc1)=C1SCS1. The normalized spacial score (nSPS) is 14.3. The van der Waals surface area contributed by atoms with Gasteiger partial charge in [-0.1, -0.05) is 18.2 Å². The molecule has 0 aliphatic carbocycles. The van der Waals surface area contributed by atoms with Crippen molar-refractivity contribution < 1.29 is 14.0 Å². The van der Waals surface area contributed by atoms with Crippen LogP contribution < -0.4 is 5.73 Å². The predicted octanol–water partition coefficient (Wildman–Crippen LogP) is 2.54. The van der Waals surface area contributed by atoms with Gasteiger partial charge in [-0.25, -0.2) is 4.39 Å². The molecule has 98 valence electrons. The second kappa shape index (κ2) is 6.08. The first-order chi connectivity index (χ1) is 9.08. The van der Waals surface area contributed by atoms with Crippen LogP contribution >= 0.6 is 23.5 Å². The molecule has 0 saturated carbocycles. The van der Waals surface area contributed by atoms with Crippen LogP contribution in [0.4, 0.5) is 4.39 Å². The molecule has 0 bridgehead atoms. The predicted molar refractivity (Wildman–Crippen MR) is 76.7 cm³/mol. The Bertz CT molecular complexity index is 573. The molecule has 0 atom stereocenters. The third-order valence-electron chi connectivity index (χ3n) is 2.37. The number of amides is 1. The topological polar surface area (TPSA) is 60.2 Å². The van der Waals surface area contributed by atoms with Gasteiger partial charge in [0.1, 0.15) is 11.4 Å². The number of ketones is 1. The fourth-order valence-corrected chi connectivity index (χ4v) is 3.05. The summed E-state index contributed by atoms with van der Waals surface area (Å²) in [4.78, 5) is 23.2. The average molecular weight is 295 g/mol.